The first-order chi connectivity index (χ1) is 9.78. The summed E-state index contributed by atoms with van der Waals surface area (Å²) in [4.78, 5) is 13.5. The zero-order valence-corrected chi connectivity index (χ0v) is 12.8. The summed E-state index contributed by atoms with van der Waals surface area (Å²) in [7, 11) is 0. The fraction of sp³-hybridized carbons (Fsp3) is 0.467. The molecule has 0 unspecified atom stereocenters. The molecule has 1 aliphatic heterocycles. The van der Waals surface area contributed by atoms with Crippen LogP contribution in [0, 0.1) is 5.41 Å². The molecule has 0 atom stereocenters. The molecule has 1 fully saturated rings. The average Bonchev–Trinajstić information content (AvgIpc) is 2.92. The molecule has 2 aromatic rings. The van der Waals surface area contributed by atoms with Crippen molar-refractivity contribution in [3.05, 3.63) is 34.8 Å². The van der Waals surface area contributed by atoms with Gasteiger partial charge in [-0.1, -0.05) is 43.3 Å². The Hall–Kier alpha value is -1.82. The van der Waals surface area contributed by atoms with Gasteiger partial charge in [0.2, 0.25) is 0 Å². The second kappa shape index (κ2) is 4.60. The molecule has 0 amide bonds. The highest BCUT2D eigenvalue weighted by molar-refractivity contribution is 6.68. The molecule has 1 saturated heterocycles. The molecule has 1 aromatic carbocycles. The van der Waals surface area contributed by atoms with E-state index in [-0.39, 0.29) is 17.9 Å². The fourth-order valence-corrected chi connectivity index (χ4v) is 2.66. The summed E-state index contributed by atoms with van der Waals surface area (Å²) < 4.78 is 10.7. The average molecular weight is 286 g/mol. The van der Waals surface area contributed by atoms with Crippen LogP contribution in [0.3, 0.4) is 0 Å². The van der Waals surface area contributed by atoms with Gasteiger partial charge in [-0.05, 0) is 31.0 Å². The van der Waals surface area contributed by atoms with E-state index in [1.165, 1.54) is 0 Å². The van der Waals surface area contributed by atoms with Gasteiger partial charge in [0, 0.05) is 5.56 Å². The second-order valence-corrected chi connectivity index (χ2v) is 6.77. The molecule has 0 aliphatic carbocycles. The van der Waals surface area contributed by atoms with Crippen LogP contribution >= 0.6 is 0 Å². The van der Waals surface area contributed by atoms with Crippen molar-refractivity contribution >= 4 is 12.4 Å². The molecule has 1 N–H and O–H groups in total. The Morgan fingerprint density at radius 3 is 2.33 bits per heavy atom. The number of aromatic amines is 1. The molecule has 0 spiro atoms. The lowest BCUT2D eigenvalue weighted by atomic mass is 9.54. The van der Waals surface area contributed by atoms with Crippen LogP contribution in [0.2, 0.25) is 6.32 Å². The van der Waals surface area contributed by atoms with Crippen molar-refractivity contribution in [1.29, 1.82) is 0 Å². The van der Waals surface area contributed by atoms with Crippen molar-refractivity contribution in [3.63, 3.8) is 0 Å². The van der Waals surface area contributed by atoms with Gasteiger partial charge in [-0.3, -0.25) is 9.51 Å². The van der Waals surface area contributed by atoms with Crippen LogP contribution < -0.4 is 11.2 Å². The minimum atomic E-state index is -0.545. The Kier molecular flexibility index (Phi) is 3.09. The summed E-state index contributed by atoms with van der Waals surface area (Å²) in [6, 6.07) is 7.88. The van der Waals surface area contributed by atoms with Crippen molar-refractivity contribution < 1.29 is 9.18 Å². The summed E-state index contributed by atoms with van der Waals surface area (Å²) in [5.74, 6) is -0.101. The van der Waals surface area contributed by atoms with Crippen molar-refractivity contribution in [2.75, 3.05) is 0 Å². The SMILES string of the molecule is CC1(C)CB(c2ccc(-c3noc(=O)[nH]3)cc2)OC1(C)C. The number of nitrogens with zero attached hydrogens (tertiary/aromatic N) is 1. The molecule has 21 heavy (non-hydrogen) atoms. The Balaban J connectivity index is 1.84. The van der Waals surface area contributed by atoms with Crippen LogP contribution in [0.25, 0.3) is 11.4 Å². The summed E-state index contributed by atoms with van der Waals surface area (Å²) in [6.45, 7) is 8.85. The van der Waals surface area contributed by atoms with E-state index in [1.807, 2.05) is 24.3 Å². The smallest absolute Gasteiger partial charge is 0.426 e. The van der Waals surface area contributed by atoms with Crippen LogP contribution in [-0.4, -0.2) is 22.7 Å². The van der Waals surface area contributed by atoms with Crippen LogP contribution in [0.1, 0.15) is 27.7 Å². The predicted molar refractivity (Wildman–Crippen MR) is 81.7 cm³/mol. The molecule has 6 heteroatoms. The Morgan fingerprint density at radius 2 is 1.86 bits per heavy atom. The standard InChI is InChI=1S/C15H19BN2O3/c1-14(2)9-16(21-15(14,3)4)11-7-5-10(6-8-11)12-17-13(19)20-18-12/h5-8H,9H2,1-4H3,(H,17,18,19). The lowest BCUT2D eigenvalue weighted by Gasteiger charge is -2.34. The number of rotatable bonds is 2. The third-order valence-corrected chi connectivity index (χ3v) is 4.76. The van der Waals surface area contributed by atoms with Crippen molar-refractivity contribution in [2.24, 2.45) is 5.41 Å². The normalized spacial score (nSPS) is 19.9. The number of aromatic nitrogens is 2. The minimum Gasteiger partial charge on any atom is -0.426 e. The molecular weight excluding hydrogens is 267 g/mol. The second-order valence-electron chi connectivity index (χ2n) is 6.77. The molecular formula is C15H19BN2O3. The molecule has 3 rings (SSSR count). The quantitative estimate of drug-likeness (QED) is 0.858. The summed E-state index contributed by atoms with van der Waals surface area (Å²) in [5, 5.41) is 3.69. The number of hydrogen-bond acceptors (Lipinski definition) is 4. The maximum Gasteiger partial charge on any atom is 0.439 e. The number of benzene rings is 1. The van der Waals surface area contributed by atoms with E-state index in [2.05, 4.69) is 42.4 Å². The lowest BCUT2D eigenvalue weighted by molar-refractivity contribution is 0.0375. The van der Waals surface area contributed by atoms with Gasteiger partial charge in [0.1, 0.15) is 0 Å². The minimum absolute atomic E-state index is 0.0976. The number of H-pyrrole nitrogens is 1. The Bertz CT molecular complexity index is 684. The van der Waals surface area contributed by atoms with Gasteiger partial charge in [0.05, 0.1) is 5.60 Å². The van der Waals surface area contributed by atoms with E-state index in [0.717, 1.165) is 17.3 Å². The van der Waals surface area contributed by atoms with Gasteiger partial charge in [0.15, 0.2) is 5.82 Å². The maximum absolute atomic E-state index is 11.0. The van der Waals surface area contributed by atoms with E-state index in [9.17, 15) is 4.79 Å². The molecule has 0 saturated carbocycles. The van der Waals surface area contributed by atoms with Gasteiger partial charge >= 0.3 is 12.7 Å². The Labute approximate surface area is 123 Å². The fourth-order valence-electron chi connectivity index (χ4n) is 2.66. The van der Waals surface area contributed by atoms with Crippen LogP contribution in [-0.2, 0) is 4.65 Å². The lowest BCUT2D eigenvalue weighted by Crippen LogP contribution is -2.36. The zero-order chi connectivity index (χ0) is 15.3. The van der Waals surface area contributed by atoms with Crippen molar-refractivity contribution in [3.8, 4) is 11.4 Å². The first-order valence-corrected chi connectivity index (χ1v) is 7.13. The van der Waals surface area contributed by atoms with Crippen LogP contribution in [0.15, 0.2) is 33.6 Å². The highest BCUT2D eigenvalue weighted by Gasteiger charge is 2.49. The number of hydrogen-bond donors (Lipinski definition) is 1. The van der Waals surface area contributed by atoms with Crippen LogP contribution in [0.4, 0.5) is 0 Å². The predicted octanol–water partition coefficient (Wildman–Crippen LogP) is 2.06. The van der Waals surface area contributed by atoms with E-state index in [4.69, 9.17) is 4.65 Å². The number of nitrogens with one attached hydrogen (secondary N) is 1. The molecule has 0 bridgehead atoms. The molecule has 5 nitrogen and oxygen atoms in total. The third-order valence-electron chi connectivity index (χ3n) is 4.76. The van der Waals surface area contributed by atoms with E-state index in [0.29, 0.717) is 5.82 Å². The molecule has 0 radical (unpaired) electrons. The highest BCUT2D eigenvalue weighted by atomic mass is 16.5. The van der Waals surface area contributed by atoms with Gasteiger partial charge in [-0.15, -0.1) is 0 Å². The highest BCUT2D eigenvalue weighted by Crippen LogP contribution is 2.45. The van der Waals surface area contributed by atoms with E-state index < -0.39 is 5.76 Å². The van der Waals surface area contributed by atoms with Crippen molar-refractivity contribution in [1.82, 2.24) is 10.1 Å². The first-order valence-electron chi connectivity index (χ1n) is 7.13. The summed E-state index contributed by atoms with van der Waals surface area (Å²) in [6.07, 6.45) is 0.986. The first kappa shape index (κ1) is 14.1. The third kappa shape index (κ3) is 2.44. The van der Waals surface area contributed by atoms with E-state index >= 15 is 0 Å². The van der Waals surface area contributed by atoms with E-state index in [1.54, 1.807) is 0 Å². The van der Waals surface area contributed by atoms with Gasteiger partial charge in [-0.2, -0.15) is 0 Å². The van der Waals surface area contributed by atoms with Gasteiger partial charge in [0.25, 0.3) is 0 Å². The van der Waals surface area contributed by atoms with Crippen molar-refractivity contribution in [2.45, 2.75) is 39.6 Å². The molecule has 2 heterocycles. The zero-order valence-electron chi connectivity index (χ0n) is 12.8. The molecule has 1 aliphatic rings. The summed E-state index contributed by atoms with van der Waals surface area (Å²) >= 11 is 0. The van der Waals surface area contributed by atoms with Crippen LogP contribution in [0.5, 0.6) is 0 Å². The van der Waals surface area contributed by atoms with Gasteiger partial charge < -0.3 is 4.65 Å². The monoisotopic (exact) mass is 286 g/mol. The molecule has 110 valence electrons. The Morgan fingerprint density at radius 1 is 1.19 bits per heavy atom. The maximum atomic E-state index is 11.0. The molecule has 1 aromatic heterocycles. The topological polar surface area (TPSA) is 68.1 Å². The van der Waals surface area contributed by atoms with Gasteiger partial charge in [-0.25, -0.2) is 4.79 Å². The largest absolute Gasteiger partial charge is 0.439 e. The summed E-state index contributed by atoms with van der Waals surface area (Å²) in [5.41, 5.74) is 1.95.